The van der Waals surface area contributed by atoms with Gasteiger partial charge in [-0.25, -0.2) is 9.97 Å². The number of aromatic nitrogens is 2. The number of amides is 1. The van der Waals surface area contributed by atoms with E-state index >= 15 is 0 Å². The second-order valence-electron chi connectivity index (χ2n) is 6.87. The summed E-state index contributed by atoms with van der Waals surface area (Å²) < 4.78 is 16.6. The first-order valence-electron chi connectivity index (χ1n) is 10.5. The molecule has 1 aromatic heterocycles. The van der Waals surface area contributed by atoms with Crippen LogP contribution < -0.4 is 25.3 Å². The third-order valence-corrected chi connectivity index (χ3v) is 5.08. The Balaban J connectivity index is 1.78. The lowest BCUT2D eigenvalue weighted by Gasteiger charge is -2.13. The summed E-state index contributed by atoms with van der Waals surface area (Å²) in [6.45, 7) is 2.19. The number of nitrogens with two attached hydrogens (primary N) is 1. The molecule has 0 aliphatic heterocycles. The molecular formula is C25H25N5O4S. The molecule has 0 fully saturated rings. The Morgan fingerprint density at radius 1 is 1.17 bits per heavy atom. The molecule has 10 heteroatoms. The predicted molar refractivity (Wildman–Crippen MR) is 137 cm³/mol. The van der Waals surface area contributed by atoms with Gasteiger partial charge in [0.05, 0.1) is 26.0 Å². The van der Waals surface area contributed by atoms with Crippen molar-refractivity contribution in [2.24, 2.45) is 10.7 Å². The van der Waals surface area contributed by atoms with Gasteiger partial charge in [-0.2, -0.15) is 0 Å². The summed E-state index contributed by atoms with van der Waals surface area (Å²) >= 11 is 1.35. The lowest BCUT2D eigenvalue weighted by molar-refractivity contribution is 0.102. The van der Waals surface area contributed by atoms with Gasteiger partial charge in [0.1, 0.15) is 22.9 Å². The Labute approximate surface area is 208 Å². The largest absolute Gasteiger partial charge is 0.497 e. The molecule has 0 bridgehead atoms. The average molecular weight is 492 g/mol. The SMILES string of the molecule is CC#CCOc1cnc(C(=O)Nc2ccc(Oc3cccc(OC)c3)c(C/N=C(/N)SC)c2)cn1. The fourth-order valence-corrected chi connectivity index (χ4v) is 2.98. The standard InChI is InChI=1S/C25H25N5O4S/c1-4-5-11-33-23-16-27-21(15-28-23)24(31)30-18-9-10-22(17(12-18)14-29-25(26)35-3)34-20-8-6-7-19(13-20)32-2/h6-10,12-13,15-16H,11,14H2,1-3H3,(H2,26,29)(H,30,31). The minimum atomic E-state index is -0.419. The van der Waals surface area contributed by atoms with Crippen molar-refractivity contribution >= 4 is 28.5 Å². The molecule has 35 heavy (non-hydrogen) atoms. The number of hydrogen-bond donors (Lipinski definition) is 2. The van der Waals surface area contributed by atoms with Crippen molar-refractivity contribution in [2.45, 2.75) is 13.5 Å². The van der Waals surface area contributed by atoms with E-state index in [-0.39, 0.29) is 24.7 Å². The fourth-order valence-electron chi connectivity index (χ4n) is 2.78. The molecule has 0 radical (unpaired) electrons. The van der Waals surface area contributed by atoms with Crippen LogP contribution in [0.25, 0.3) is 0 Å². The van der Waals surface area contributed by atoms with Crippen LogP contribution in [0.5, 0.6) is 23.1 Å². The predicted octanol–water partition coefficient (Wildman–Crippen LogP) is 4.11. The van der Waals surface area contributed by atoms with Crippen molar-refractivity contribution in [3.63, 3.8) is 0 Å². The van der Waals surface area contributed by atoms with E-state index in [2.05, 4.69) is 32.1 Å². The van der Waals surface area contributed by atoms with Crippen LogP contribution in [0.4, 0.5) is 5.69 Å². The lowest BCUT2D eigenvalue weighted by Crippen LogP contribution is -2.14. The van der Waals surface area contributed by atoms with Crippen LogP contribution in [0.2, 0.25) is 0 Å². The minimum absolute atomic E-state index is 0.141. The van der Waals surface area contributed by atoms with Gasteiger partial charge >= 0.3 is 0 Å². The van der Waals surface area contributed by atoms with Gasteiger partial charge in [-0.15, -0.1) is 5.92 Å². The molecule has 0 aliphatic rings. The average Bonchev–Trinajstić information content (AvgIpc) is 2.89. The third kappa shape index (κ3) is 7.65. The summed E-state index contributed by atoms with van der Waals surface area (Å²) in [4.78, 5) is 25.2. The van der Waals surface area contributed by atoms with E-state index < -0.39 is 5.91 Å². The number of carbonyl (C=O) groups excluding carboxylic acids is 1. The summed E-state index contributed by atoms with van der Waals surface area (Å²) in [5, 5.41) is 3.26. The second-order valence-corrected chi connectivity index (χ2v) is 7.70. The molecule has 3 rings (SSSR count). The van der Waals surface area contributed by atoms with Gasteiger partial charge < -0.3 is 25.3 Å². The van der Waals surface area contributed by atoms with Gasteiger partial charge in [-0.05, 0) is 43.5 Å². The van der Waals surface area contributed by atoms with Crippen LogP contribution in [0.1, 0.15) is 23.0 Å². The van der Waals surface area contributed by atoms with Gasteiger partial charge in [0.2, 0.25) is 5.88 Å². The Morgan fingerprint density at radius 2 is 2.00 bits per heavy atom. The summed E-state index contributed by atoms with van der Waals surface area (Å²) in [6, 6.07) is 12.5. The number of anilines is 1. The lowest BCUT2D eigenvalue weighted by atomic mass is 10.1. The number of benzene rings is 2. The normalized spacial score (nSPS) is 10.7. The molecule has 0 unspecified atom stereocenters. The number of nitrogens with zero attached hydrogens (tertiary/aromatic N) is 3. The molecule has 1 heterocycles. The van der Waals surface area contributed by atoms with Crippen molar-refractivity contribution in [1.82, 2.24) is 9.97 Å². The van der Waals surface area contributed by atoms with Crippen LogP contribution >= 0.6 is 11.8 Å². The Hall–Kier alpha value is -4.23. The molecule has 1 amide bonds. The zero-order chi connectivity index (χ0) is 25.0. The highest BCUT2D eigenvalue weighted by Gasteiger charge is 2.12. The third-order valence-electron chi connectivity index (χ3n) is 4.53. The van der Waals surface area contributed by atoms with E-state index in [1.54, 1.807) is 38.3 Å². The summed E-state index contributed by atoms with van der Waals surface area (Å²) in [6.07, 6.45) is 4.56. The number of rotatable bonds is 9. The number of nitrogens with one attached hydrogen (secondary N) is 1. The number of amidine groups is 1. The summed E-state index contributed by atoms with van der Waals surface area (Å²) in [7, 11) is 1.59. The van der Waals surface area contributed by atoms with E-state index in [4.69, 9.17) is 19.9 Å². The van der Waals surface area contributed by atoms with Crippen molar-refractivity contribution < 1.29 is 19.0 Å². The van der Waals surface area contributed by atoms with E-state index in [0.717, 1.165) is 5.56 Å². The van der Waals surface area contributed by atoms with Crippen molar-refractivity contribution in [3.8, 4) is 35.0 Å². The Kier molecular flexibility index (Phi) is 9.33. The van der Waals surface area contributed by atoms with E-state index in [1.165, 1.54) is 24.2 Å². The monoisotopic (exact) mass is 491 g/mol. The Morgan fingerprint density at radius 3 is 2.71 bits per heavy atom. The molecular weight excluding hydrogens is 466 g/mol. The smallest absolute Gasteiger partial charge is 0.275 e. The number of hydrogen-bond acceptors (Lipinski definition) is 8. The second kappa shape index (κ2) is 12.9. The minimum Gasteiger partial charge on any atom is -0.497 e. The fraction of sp³-hybridized carbons (Fsp3) is 0.200. The molecule has 0 aliphatic carbocycles. The first kappa shape index (κ1) is 25.4. The maximum Gasteiger partial charge on any atom is 0.275 e. The number of ether oxygens (including phenoxy) is 3. The van der Waals surface area contributed by atoms with Crippen LogP contribution in [0.3, 0.4) is 0 Å². The molecule has 0 saturated heterocycles. The molecule has 9 nitrogen and oxygen atoms in total. The van der Waals surface area contributed by atoms with Gasteiger partial charge in [0, 0.05) is 17.3 Å². The van der Waals surface area contributed by atoms with Gasteiger partial charge in [-0.1, -0.05) is 23.7 Å². The van der Waals surface area contributed by atoms with Crippen LogP contribution in [0.15, 0.2) is 59.9 Å². The molecule has 180 valence electrons. The van der Waals surface area contributed by atoms with Crippen LogP contribution in [-0.4, -0.2) is 41.0 Å². The highest BCUT2D eigenvalue weighted by molar-refractivity contribution is 8.13. The first-order chi connectivity index (χ1) is 17.0. The van der Waals surface area contributed by atoms with Gasteiger partial charge in [-0.3, -0.25) is 9.79 Å². The quantitative estimate of drug-likeness (QED) is 0.261. The maximum absolute atomic E-state index is 12.7. The number of aliphatic imine (C=N–C) groups is 1. The molecule has 3 N–H and O–H groups in total. The molecule has 0 saturated carbocycles. The van der Waals surface area contributed by atoms with Gasteiger partial charge in [0.25, 0.3) is 5.91 Å². The first-order valence-corrected chi connectivity index (χ1v) is 11.7. The summed E-state index contributed by atoms with van der Waals surface area (Å²) in [5.41, 5.74) is 7.27. The van der Waals surface area contributed by atoms with Crippen LogP contribution in [-0.2, 0) is 6.54 Å². The molecule has 3 aromatic rings. The molecule has 2 aromatic carbocycles. The summed E-state index contributed by atoms with van der Waals surface area (Å²) in [5.74, 6) is 7.21. The maximum atomic E-state index is 12.7. The van der Waals surface area contributed by atoms with Crippen molar-refractivity contribution in [2.75, 3.05) is 25.3 Å². The number of carbonyl (C=O) groups is 1. The van der Waals surface area contributed by atoms with Gasteiger partial charge in [0.15, 0.2) is 11.8 Å². The van der Waals surface area contributed by atoms with E-state index in [1.807, 2.05) is 24.5 Å². The van der Waals surface area contributed by atoms with Crippen molar-refractivity contribution in [1.29, 1.82) is 0 Å². The highest BCUT2D eigenvalue weighted by atomic mass is 32.2. The van der Waals surface area contributed by atoms with E-state index in [9.17, 15) is 4.79 Å². The molecule has 0 atom stereocenters. The van der Waals surface area contributed by atoms with Crippen molar-refractivity contribution in [3.05, 3.63) is 66.1 Å². The number of thioether (sulfide) groups is 1. The Bertz CT molecular complexity index is 1250. The highest BCUT2D eigenvalue weighted by Crippen LogP contribution is 2.30. The zero-order valence-corrected chi connectivity index (χ0v) is 20.4. The van der Waals surface area contributed by atoms with Crippen LogP contribution in [0, 0.1) is 11.8 Å². The topological polar surface area (TPSA) is 121 Å². The number of methoxy groups -OCH3 is 1. The molecule has 0 spiro atoms. The zero-order valence-electron chi connectivity index (χ0n) is 19.6. The van der Waals surface area contributed by atoms with E-state index in [0.29, 0.717) is 28.1 Å².